The lowest BCUT2D eigenvalue weighted by atomic mass is 9.84. The van der Waals surface area contributed by atoms with Gasteiger partial charge in [-0.2, -0.15) is 18.3 Å². The summed E-state index contributed by atoms with van der Waals surface area (Å²) in [5, 5.41) is 3.84. The van der Waals surface area contributed by atoms with Gasteiger partial charge < -0.3 is 14.2 Å². The molecular formula is C26H29F3N4O4. The summed E-state index contributed by atoms with van der Waals surface area (Å²) in [4.78, 5) is 19.9. The minimum atomic E-state index is -4.73. The lowest BCUT2D eigenvalue weighted by Gasteiger charge is -2.44. The van der Waals surface area contributed by atoms with E-state index in [9.17, 15) is 18.0 Å². The predicted octanol–water partition coefficient (Wildman–Crippen LogP) is 4.85. The van der Waals surface area contributed by atoms with E-state index in [0.29, 0.717) is 27.6 Å². The average molecular weight is 519 g/mol. The van der Waals surface area contributed by atoms with E-state index in [1.807, 2.05) is 0 Å². The molecule has 4 heterocycles. The molecule has 2 aliphatic rings. The Morgan fingerprint density at radius 3 is 2.59 bits per heavy atom. The molecule has 0 unspecified atom stereocenters. The Morgan fingerprint density at radius 2 is 1.84 bits per heavy atom. The van der Waals surface area contributed by atoms with Crippen molar-refractivity contribution in [2.75, 3.05) is 33.9 Å². The van der Waals surface area contributed by atoms with Crippen molar-refractivity contribution in [3.63, 3.8) is 0 Å². The third kappa shape index (κ3) is 4.96. The van der Waals surface area contributed by atoms with Crippen molar-refractivity contribution >= 4 is 11.6 Å². The first-order chi connectivity index (χ1) is 17.8. The molecular weight excluding hydrogens is 489 g/mol. The number of hydrogen-bond acceptors (Lipinski definition) is 7. The normalized spacial score (nSPS) is 20.5. The Hall–Kier alpha value is -3.34. The summed E-state index contributed by atoms with van der Waals surface area (Å²) in [5.74, 6) is 0.248. The van der Waals surface area contributed by atoms with E-state index in [1.54, 1.807) is 12.1 Å². The number of esters is 1. The molecule has 2 aromatic heterocycles. The SMILES string of the molecule is COc1ccc(-c2cc(C(F)(F)F)n3ncc(C(=O)OC[C@@H]4CCCN5CCCC[C@@H]45)c3n2)cc1OC. The highest BCUT2D eigenvalue weighted by Crippen LogP contribution is 2.36. The largest absolute Gasteiger partial charge is 0.493 e. The molecule has 2 atom stereocenters. The number of halogens is 3. The predicted molar refractivity (Wildman–Crippen MR) is 129 cm³/mol. The number of carbonyl (C=O) groups excluding carboxylic acids is 1. The number of alkyl halides is 3. The standard InChI is InChI=1S/C26H29F3N4O4/c1-35-21-9-8-16(12-22(21)36-2)19-13-23(26(27,28)29)33-24(31-19)18(14-30-33)25(34)37-15-17-6-5-11-32-10-4-3-7-20(17)32/h8-9,12-14,17,20H,3-7,10-11,15H2,1-2H3/t17-,20-/m0/s1. The second-order valence-electron chi connectivity index (χ2n) is 9.49. The average Bonchev–Trinajstić information content (AvgIpc) is 3.34. The Kier molecular flexibility index (Phi) is 6.98. The van der Waals surface area contributed by atoms with Crippen molar-refractivity contribution in [3.8, 4) is 22.8 Å². The van der Waals surface area contributed by atoms with Gasteiger partial charge in [0.25, 0.3) is 0 Å². The molecule has 0 spiro atoms. The van der Waals surface area contributed by atoms with Crippen LogP contribution in [0.5, 0.6) is 11.5 Å². The van der Waals surface area contributed by atoms with Gasteiger partial charge in [0, 0.05) is 17.5 Å². The number of nitrogens with zero attached hydrogens (tertiary/aromatic N) is 4. The molecule has 198 valence electrons. The minimum absolute atomic E-state index is 0.0143. The summed E-state index contributed by atoms with van der Waals surface area (Å²) in [7, 11) is 2.90. The number of fused-ring (bicyclic) bond motifs is 2. The third-order valence-electron chi connectivity index (χ3n) is 7.32. The zero-order chi connectivity index (χ0) is 26.2. The van der Waals surface area contributed by atoms with Crippen molar-refractivity contribution in [1.29, 1.82) is 0 Å². The first-order valence-corrected chi connectivity index (χ1v) is 12.4. The molecule has 0 radical (unpaired) electrons. The minimum Gasteiger partial charge on any atom is -0.493 e. The van der Waals surface area contributed by atoms with Gasteiger partial charge >= 0.3 is 12.1 Å². The van der Waals surface area contributed by atoms with Crippen LogP contribution in [0.15, 0.2) is 30.5 Å². The molecule has 2 aliphatic heterocycles. The van der Waals surface area contributed by atoms with E-state index in [1.165, 1.54) is 26.7 Å². The lowest BCUT2D eigenvalue weighted by molar-refractivity contribution is -0.142. The summed E-state index contributed by atoms with van der Waals surface area (Å²) in [6.07, 6.45) is 1.77. The number of rotatable bonds is 6. The van der Waals surface area contributed by atoms with E-state index in [4.69, 9.17) is 14.2 Å². The Balaban J connectivity index is 1.47. The van der Waals surface area contributed by atoms with Crippen LogP contribution in [-0.4, -0.2) is 65.4 Å². The van der Waals surface area contributed by atoms with Crippen molar-refractivity contribution in [3.05, 3.63) is 41.7 Å². The van der Waals surface area contributed by atoms with Crippen LogP contribution in [0.4, 0.5) is 13.2 Å². The number of carbonyl (C=O) groups is 1. The molecule has 37 heavy (non-hydrogen) atoms. The van der Waals surface area contributed by atoms with Crippen LogP contribution >= 0.6 is 0 Å². The number of benzene rings is 1. The molecule has 5 rings (SSSR count). The first kappa shape index (κ1) is 25.3. The number of aromatic nitrogens is 3. The van der Waals surface area contributed by atoms with Gasteiger partial charge in [0.15, 0.2) is 22.8 Å². The number of ether oxygens (including phenoxy) is 3. The Morgan fingerprint density at radius 1 is 1.05 bits per heavy atom. The third-order valence-corrected chi connectivity index (χ3v) is 7.32. The zero-order valence-electron chi connectivity index (χ0n) is 20.8. The molecule has 2 saturated heterocycles. The highest BCUT2D eigenvalue weighted by atomic mass is 19.4. The molecule has 2 fully saturated rings. The maximum absolute atomic E-state index is 14.0. The van der Waals surface area contributed by atoms with Crippen LogP contribution in [0.3, 0.4) is 0 Å². The van der Waals surface area contributed by atoms with Crippen LogP contribution < -0.4 is 9.47 Å². The maximum atomic E-state index is 14.0. The maximum Gasteiger partial charge on any atom is 0.433 e. The van der Waals surface area contributed by atoms with Crippen LogP contribution in [0.25, 0.3) is 16.9 Å². The summed E-state index contributed by atoms with van der Waals surface area (Å²) in [5.41, 5.74) is -0.991. The smallest absolute Gasteiger partial charge is 0.433 e. The number of piperidine rings is 2. The van der Waals surface area contributed by atoms with Gasteiger partial charge in [-0.3, -0.25) is 4.90 Å². The van der Waals surface area contributed by atoms with Gasteiger partial charge in [-0.25, -0.2) is 14.3 Å². The van der Waals surface area contributed by atoms with Crippen molar-refractivity contribution in [2.45, 2.75) is 44.3 Å². The second kappa shape index (κ2) is 10.2. The van der Waals surface area contributed by atoms with E-state index >= 15 is 0 Å². The van der Waals surface area contributed by atoms with Crippen molar-refractivity contribution in [2.24, 2.45) is 5.92 Å². The topological polar surface area (TPSA) is 78.2 Å². The van der Waals surface area contributed by atoms with Gasteiger partial charge in [0.1, 0.15) is 5.56 Å². The van der Waals surface area contributed by atoms with Crippen LogP contribution in [0.1, 0.15) is 48.2 Å². The summed E-state index contributed by atoms with van der Waals surface area (Å²) < 4.78 is 58.7. The molecule has 11 heteroatoms. The quantitative estimate of drug-likeness (QED) is 0.432. The fourth-order valence-electron chi connectivity index (χ4n) is 5.48. The molecule has 8 nitrogen and oxygen atoms in total. The van der Waals surface area contributed by atoms with Gasteiger partial charge in [-0.05, 0) is 63.0 Å². The molecule has 0 bridgehead atoms. The molecule has 3 aromatic rings. The van der Waals surface area contributed by atoms with Gasteiger partial charge in [0.2, 0.25) is 0 Å². The summed E-state index contributed by atoms with van der Waals surface area (Å²) in [6, 6.07) is 5.97. The monoisotopic (exact) mass is 518 g/mol. The summed E-state index contributed by atoms with van der Waals surface area (Å²) in [6.45, 7) is 2.34. The molecule has 0 aliphatic carbocycles. The Labute approximate surface area is 212 Å². The number of methoxy groups -OCH3 is 2. The highest BCUT2D eigenvalue weighted by Gasteiger charge is 2.37. The molecule has 0 N–H and O–H groups in total. The van der Waals surface area contributed by atoms with E-state index < -0.39 is 17.8 Å². The van der Waals surface area contributed by atoms with Crippen molar-refractivity contribution < 1.29 is 32.2 Å². The van der Waals surface area contributed by atoms with Crippen LogP contribution in [-0.2, 0) is 10.9 Å². The van der Waals surface area contributed by atoms with Gasteiger partial charge in [-0.1, -0.05) is 6.42 Å². The van der Waals surface area contributed by atoms with Crippen LogP contribution in [0, 0.1) is 5.92 Å². The van der Waals surface area contributed by atoms with E-state index in [0.717, 1.165) is 51.0 Å². The van der Waals surface area contributed by atoms with Crippen LogP contribution in [0.2, 0.25) is 0 Å². The van der Waals surface area contributed by atoms with Gasteiger partial charge in [0.05, 0.1) is 32.7 Å². The lowest BCUT2D eigenvalue weighted by Crippen LogP contribution is -2.49. The molecule has 1 aromatic carbocycles. The summed E-state index contributed by atoms with van der Waals surface area (Å²) >= 11 is 0. The first-order valence-electron chi connectivity index (χ1n) is 12.4. The number of hydrogen-bond donors (Lipinski definition) is 0. The van der Waals surface area contributed by atoms with Crippen molar-refractivity contribution in [1.82, 2.24) is 19.5 Å². The highest BCUT2D eigenvalue weighted by molar-refractivity contribution is 5.96. The molecule has 0 saturated carbocycles. The van der Waals surface area contributed by atoms with E-state index in [2.05, 4.69) is 15.0 Å². The Bertz CT molecular complexity index is 1290. The fraction of sp³-hybridized carbons (Fsp3) is 0.500. The fourth-order valence-corrected chi connectivity index (χ4v) is 5.48. The zero-order valence-corrected chi connectivity index (χ0v) is 20.8. The van der Waals surface area contributed by atoms with E-state index in [-0.39, 0.29) is 29.4 Å². The van der Waals surface area contributed by atoms with Gasteiger partial charge in [-0.15, -0.1) is 0 Å². The second-order valence-corrected chi connectivity index (χ2v) is 9.49. The molecule has 0 amide bonds.